The molecule has 0 bridgehead atoms. The Morgan fingerprint density at radius 3 is 2.53 bits per heavy atom. The Kier molecular flexibility index (Phi) is 4.32. The van der Waals surface area contributed by atoms with Crippen molar-refractivity contribution in [2.45, 2.75) is 46.7 Å². The van der Waals surface area contributed by atoms with E-state index in [9.17, 15) is 0 Å². The van der Waals surface area contributed by atoms with Gasteiger partial charge in [-0.2, -0.15) is 0 Å². The van der Waals surface area contributed by atoms with Crippen molar-refractivity contribution in [3.05, 3.63) is 46.7 Å². The molecule has 1 N–H and O–H groups in total. The smallest absolute Gasteiger partial charge is 0.230 e. The van der Waals surface area contributed by atoms with Crippen LogP contribution in [0.5, 0.6) is 0 Å². The molecule has 2 aromatic rings. The van der Waals surface area contributed by atoms with Gasteiger partial charge in [0.1, 0.15) is 0 Å². The summed E-state index contributed by atoms with van der Waals surface area (Å²) in [7, 11) is 0. The zero-order valence-electron chi connectivity index (χ0n) is 12.0. The number of aromatic nitrogens is 2. The fourth-order valence-corrected chi connectivity index (χ4v) is 1.81. The van der Waals surface area contributed by atoms with E-state index in [4.69, 9.17) is 4.42 Å². The highest BCUT2D eigenvalue weighted by atomic mass is 16.4. The molecule has 0 aliphatic rings. The third kappa shape index (κ3) is 3.89. The van der Waals surface area contributed by atoms with Crippen molar-refractivity contribution in [3.8, 4) is 0 Å². The lowest BCUT2D eigenvalue weighted by atomic mass is 10.0. The predicted molar refractivity (Wildman–Crippen MR) is 75.0 cm³/mol. The topological polar surface area (TPSA) is 51.0 Å². The number of aryl methyl sites for hydroxylation is 2. The molecule has 102 valence electrons. The summed E-state index contributed by atoms with van der Waals surface area (Å²) < 4.78 is 5.62. The average molecular weight is 259 g/mol. The molecule has 2 rings (SSSR count). The molecule has 0 amide bonds. The Hall–Kier alpha value is -1.68. The minimum atomic E-state index is 0.412. The Bertz CT molecular complexity index is 546. The molecule has 1 aromatic carbocycles. The maximum Gasteiger partial charge on any atom is 0.230 e. The first-order valence-electron chi connectivity index (χ1n) is 6.65. The van der Waals surface area contributed by atoms with Gasteiger partial charge in [-0.15, -0.1) is 10.2 Å². The summed E-state index contributed by atoms with van der Waals surface area (Å²) in [6.45, 7) is 9.03. The molecule has 19 heavy (non-hydrogen) atoms. The van der Waals surface area contributed by atoms with E-state index in [1.807, 2.05) is 0 Å². The highest BCUT2D eigenvalue weighted by Gasteiger charge is 2.07. The van der Waals surface area contributed by atoms with E-state index in [1.54, 1.807) is 0 Å². The molecule has 0 fully saturated rings. The van der Waals surface area contributed by atoms with Crippen molar-refractivity contribution >= 4 is 0 Å². The lowest BCUT2D eigenvalue weighted by molar-refractivity contribution is 0.427. The van der Waals surface area contributed by atoms with Gasteiger partial charge in [0.05, 0.1) is 13.0 Å². The van der Waals surface area contributed by atoms with E-state index >= 15 is 0 Å². The second-order valence-corrected chi connectivity index (χ2v) is 5.22. The van der Waals surface area contributed by atoms with Gasteiger partial charge in [0.15, 0.2) is 0 Å². The van der Waals surface area contributed by atoms with Crippen molar-refractivity contribution in [1.29, 1.82) is 0 Å². The molecule has 0 radical (unpaired) electrons. The van der Waals surface area contributed by atoms with Crippen LogP contribution in [0.2, 0.25) is 0 Å². The molecule has 0 aliphatic carbocycles. The fourth-order valence-electron chi connectivity index (χ4n) is 1.81. The first-order valence-corrected chi connectivity index (χ1v) is 6.65. The fraction of sp³-hybridized carbons (Fsp3) is 0.467. The SMILES string of the molecule is Cc1ccc(Cc2nnc(CNC(C)C)o2)cc1C. The first-order chi connectivity index (χ1) is 9.04. The number of nitrogens with one attached hydrogen (secondary N) is 1. The lowest BCUT2D eigenvalue weighted by Crippen LogP contribution is -2.21. The average Bonchev–Trinajstić information content (AvgIpc) is 2.79. The van der Waals surface area contributed by atoms with Crippen LogP contribution >= 0.6 is 0 Å². The summed E-state index contributed by atoms with van der Waals surface area (Å²) in [4.78, 5) is 0. The van der Waals surface area contributed by atoms with E-state index in [0.717, 1.165) is 0 Å². The quantitative estimate of drug-likeness (QED) is 0.897. The van der Waals surface area contributed by atoms with E-state index in [-0.39, 0.29) is 0 Å². The zero-order valence-corrected chi connectivity index (χ0v) is 12.0. The monoisotopic (exact) mass is 259 g/mol. The minimum absolute atomic E-state index is 0.412. The summed E-state index contributed by atoms with van der Waals surface area (Å²) in [6, 6.07) is 6.82. The Balaban J connectivity index is 2.01. The number of nitrogens with zero attached hydrogens (tertiary/aromatic N) is 2. The van der Waals surface area contributed by atoms with Gasteiger partial charge in [0, 0.05) is 6.04 Å². The molecule has 0 unspecified atom stereocenters. The summed E-state index contributed by atoms with van der Waals surface area (Å²) in [5.41, 5.74) is 3.80. The number of rotatable bonds is 5. The molecular weight excluding hydrogens is 238 g/mol. The first kappa shape index (κ1) is 13.7. The molecule has 0 aliphatic heterocycles. The Morgan fingerprint density at radius 2 is 1.84 bits per heavy atom. The second kappa shape index (κ2) is 5.97. The van der Waals surface area contributed by atoms with Gasteiger partial charge in [0.2, 0.25) is 11.8 Å². The standard InChI is InChI=1S/C15H21N3O/c1-10(2)16-9-15-18-17-14(19-15)8-13-6-5-11(3)12(4)7-13/h5-7,10,16H,8-9H2,1-4H3. The van der Waals surface area contributed by atoms with Crippen molar-refractivity contribution < 1.29 is 4.42 Å². The zero-order chi connectivity index (χ0) is 13.8. The van der Waals surface area contributed by atoms with Crippen LogP contribution in [0.1, 0.15) is 42.3 Å². The van der Waals surface area contributed by atoms with Crippen LogP contribution in [-0.2, 0) is 13.0 Å². The van der Waals surface area contributed by atoms with Gasteiger partial charge in [-0.1, -0.05) is 32.0 Å². The highest BCUT2D eigenvalue weighted by Crippen LogP contribution is 2.13. The normalized spacial score (nSPS) is 11.2. The number of hydrogen-bond acceptors (Lipinski definition) is 4. The van der Waals surface area contributed by atoms with Crippen LogP contribution in [-0.4, -0.2) is 16.2 Å². The summed E-state index contributed by atoms with van der Waals surface area (Å²) in [5.74, 6) is 1.32. The van der Waals surface area contributed by atoms with Crippen molar-refractivity contribution in [1.82, 2.24) is 15.5 Å². The molecule has 0 atom stereocenters. The third-order valence-electron chi connectivity index (χ3n) is 3.10. The summed E-state index contributed by atoms with van der Waals surface area (Å²) in [6.07, 6.45) is 0.690. The molecule has 4 nitrogen and oxygen atoms in total. The van der Waals surface area contributed by atoms with Crippen LogP contribution in [0.25, 0.3) is 0 Å². The van der Waals surface area contributed by atoms with Crippen molar-refractivity contribution in [3.63, 3.8) is 0 Å². The second-order valence-electron chi connectivity index (χ2n) is 5.22. The minimum Gasteiger partial charge on any atom is -0.424 e. The van der Waals surface area contributed by atoms with Crippen LogP contribution in [0.4, 0.5) is 0 Å². The van der Waals surface area contributed by atoms with Gasteiger partial charge >= 0.3 is 0 Å². The van der Waals surface area contributed by atoms with E-state index in [2.05, 4.69) is 61.4 Å². The Morgan fingerprint density at radius 1 is 1.11 bits per heavy atom. The van der Waals surface area contributed by atoms with Crippen LogP contribution in [0, 0.1) is 13.8 Å². The Labute approximate surface area is 114 Å². The summed E-state index contributed by atoms with van der Waals surface area (Å²) >= 11 is 0. The molecule has 0 saturated carbocycles. The van der Waals surface area contributed by atoms with Gasteiger partial charge < -0.3 is 9.73 Å². The molecule has 1 heterocycles. The van der Waals surface area contributed by atoms with E-state index in [0.29, 0.717) is 30.8 Å². The maximum atomic E-state index is 5.62. The molecule has 4 heteroatoms. The van der Waals surface area contributed by atoms with Crippen molar-refractivity contribution in [2.75, 3.05) is 0 Å². The van der Waals surface area contributed by atoms with E-state index < -0.39 is 0 Å². The third-order valence-corrected chi connectivity index (χ3v) is 3.10. The highest BCUT2D eigenvalue weighted by molar-refractivity contribution is 5.31. The molecular formula is C15H21N3O. The van der Waals surface area contributed by atoms with E-state index in [1.165, 1.54) is 16.7 Å². The summed E-state index contributed by atoms with van der Waals surface area (Å²) in [5, 5.41) is 11.4. The van der Waals surface area contributed by atoms with Gasteiger partial charge in [-0.3, -0.25) is 0 Å². The molecule has 0 spiro atoms. The lowest BCUT2D eigenvalue weighted by Gasteiger charge is -2.04. The predicted octanol–water partition coefficient (Wildman–Crippen LogP) is 2.78. The van der Waals surface area contributed by atoms with Crippen molar-refractivity contribution in [2.24, 2.45) is 0 Å². The molecule has 1 aromatic heterocycles. The maximum absolute atomic E-state index is 5.62. The van der Waals surface area contributed by atoms with Gasteiger partial charge in [-0.05, 0) is 30.5 Å². The van der Waals surface area contributed by atoms with Gasteiger partial charge in [-0.25, -0.2) is 0 Å². The number of hydrogen-bond donors (Lipinski definition) is 1. The van der Waals surface area contributed by atoms with Crippen LogP contribution in [0.15, 0.2) is 22.6 Å². The van der Waals surface area contributed by atoms with Crippen LogP contribution < -0.4 is 5.32 Å². The molecule has 0 saturated heterocycles. The number of benzene rings is 1. The van der Waals surface area contributed by atoms with Gasteiger partial charge in [0.25, 0.3) is 0 Å². The largest absolute Gasteiger partial charge is 0.424 e. The van der Waals surface area contributed by atoms with Crippen LogP contribution in [0.3, 0.4) is 0 Å².